The maximum atomic E-state index is 13.2. The van der Waals surface area contributed by atoms with E-state index in [0.29, 0.717) is 12.5 Å². The van der Waals surface area contributed by atoms with E-state index in [-0.39, 0.29) is 23.6 Å². The first-order valence-corrected chi connectivity index (χ1v) is 8.37. The van der Waals surface area contributed by atoms with Gasteiger partial charge in [-0.15, -0.1) is 0 Å². The zero-order valence-electron chi connectivity index (χ0n) is 12.4. The minimum Gasteiger partial charge on any atom is -0.393 e. The molecule has 1 amide bonds. The summed E-state index contributed by atoms with van der Waals surface area (Å²) in [6.45, 7) is 0.490. The zero-order valence-corrected chi connectivity index (χ0v) is 12.4. The average Bonchev–Trinajstić information content (AvgIpc) is 2.64. The van der Waals surface area contributed by atoms with Crippen LogP contribution in [0.2, 0.25) is 0 Å². The van der Waals surface area contributed by atoms with Crippen LogP contribution in [0.4, 0.5) is 0 Å². The molecule has 1 saturated carbocycles. The van der Waals surface area contributed by atoms with Crippen molar-refractivity contribution in [2.45, 2.75) is 82.4 Å². The molecule has 3 fully saturated rings. The van der Waals surface area contributed by atoms with Gasteiger partial charge < -0.3 is 15.7 Å². The molecular formula is C16H28N2O2. The molecule has 2 bridgehead atoms. The number of hydrogen-bond acceptors (Lipinski definition) is 3. The van der Waals surface area contributed by atoms with Crippen molar-refractivity contribution in [2.75, 3.05) is 6.54 Å². The second kappa shape index (κ2) is 5.64. The van der Waals surface area contributed by atoms with E-state index in [9.17, 15) is 9.90 Å². The molecule has 0 radical (unpaired) electrons. The third-order valence-electron chi connectivity index (χ3n) is 5.85. The van der Waals surface area contributed by atoms with Crippen LogP contribution in [0.3, 0.4) is 0 Å². The van der Waals surface area contributed by atoms with Crippen molar-refractivity contribution in [1.29, 1.82) is 0 Å². The Hall–Kier alpha value is -0.610. The molecule has 3 aliphatic rings. The van der Waals surface area contributed by atoms with Crippen molar-refractivity contribution in [2.24, 2.45) is 11.1 Å². The summed E-state index contributed by atoms with van der Waals surface area (Å²) in [5.74, 6) is 0.307. The minimum absolute atomic E-state index is 0.209. The normalized spacial score (nSPS) is 36.7. The number of carbonyl (C=O) groups is 1. The number of aliphatic hydroxyl groups is 1. The SMILES string of the molecule is NCC1(C(=O)N2C3CCC2CC(O)C3)CCCCCC1. The molecule has 2 saturated heterocycles. The summed E-state index contributed by atoms with van der Waals surface area (Å²) in [4.78, 5) is 15.3. The quantitative estimate of drug-likeness (QED) is 0.758. The molecule has 1 aliphatic carbocycles. The standard InChI is InChI=1S/C16H28N2O2/c17-11-16(7-3-1-2-4-8-16)15(20)18-12-5-6-13(18)10-14(19)9-12/h12-14,19H,1-11,17H2. The monoisotopic (exact) mass is 280 g/mol. The fourth-order valence-corrected chi connectivity index (χ4v) is 4.66. The number of hydrogen-bond donors (Lipinski definition) is 2. The molecule has 0 aromatic rings. The predicted molar refractivity (Wildman–Crippen MR) is 78.1 cm³/mol. The van der Waals surface area contributed by atoms with Crippen LogP contribution < -0.4 is 5.73 Å². The lowest BCUT2D eigenvalue weighted by Crippen LogP contribution is -2.55. The zero-order chi connectivity index (χ0) is 14.2. The van der Waals surface area contributed by atoms with Crippen LogP contribution in [0.5, 0.6) is 0 Å². The highest BCUT2D eigenvalue weighted by molar-refractivity contribution is 5.84. The predicted octanol–water partition coefficient (Wildman–Crippen LogP) is 1.80. The van der Waals surface area contributed by atoms with E-state index >= 15 is 0 Å². The van der Waals surface area contributed by atoms with Gasteiger partial charge in [-0.05, 0) is 38.5 Å². The molecule has 4 nitrogen and oxygen atoms in total. The first kappa shape index (κ1) is 14.3. The number of fused-ring (bicyclic) bond motifs is 2. The molecule has 4 heteroatoms. The van der Waals surface area contributed by atoms with Crippen molar-refractivity contribution in [1.82, 2.24) is 4.90 Å². The lowest BCUT2D eigenvalue weighted by Gasteiger charge is -2.43. The Bertz CT molecular complexity index is 349. The number of amides is 1. The van der Waals surface area contributed by atoms with E-state index in [1.165, 1.54) is 12.8 Å². The van der Waals surface area contributed by atoms with Crippen molar-refractivity contribution >= 4 is 5.91 Å². The third-order valence-corrected chi connectivity index (χ3v) is 5.85. The number of aliphatic hydroxyl groups excluding tert-OH is 1. The molecule has 0 spiro atoms. The van der Waals surface area contributed by atoms with Crippen molar-refractivity contribution in [3.63, 3.8) is 0 Å². The minimum atomic E-state index is -0.306. The Balaban J connectivity index is 1.80. The molecule has 2 heterocycles. The summed E-state index contributed by atoms with van der Waals surface area (Å²) in [6.07, 6.45) is 10.1. The Kier molecular flexibility index (Phi) is 4.04. The number of rotatable bonds is 2. The molecule has 20 heavy (non-hydrogen) atoms. The van der Waals surface area contributed by atoms with Crippen molar-refractivity contribution < 1.29 is 9.90 Å². The molecule has 0 aromatic heterocycles. The Labute approximate surface area is 121 Å². The number of carbonyl (C=O) groups excluding carboxylic acids is 1. The summed E-state index contributed by atoms with van der Waals surface area (Å²) in [5, 5.41) is 9.90. The summed E-state index contributed by atoms with van der Waals surface area (Å²) in [5.41, 5.74) is 5.75. The molecule has 3 rings (SSSR count). The van der Waals surface area contributed by atoms with Crippen LogP contribution >= 0.6 is 0 Å². The van der Waals surface area contributed by atoms with Crippen LogP contribution in [0, 0.1) is 5.41 Å². The second-order valence-electron chi connectivity index (χ2n) is 7.12. The Morgan fingerprint density at radius 1 is 1.10 bits per heavy atom. The van der Waals surface area contributed by atoms with E-state index < -0.39 is 0 Å². The number of nitrogens with zero attached hydrogens (tertiary/aromatic N) is 1. The van der Waals surface area contributed by atoms with E-state index in [1.807, 2.05) is 0 Å². The van der Waals surface area contributed by atoms with Gasteiger partial charge in [0, 0.05) is 18.6 Å². The van der Waals surface area contributed by atoms with Gasteiger partial charge in [0.25, 0.3) is 0 Å². The Morgan fingerprint density at radius 2 is 1.65 bits per heavy atom. The van der Waals surface area contributed by atoms with Gasteiger partial charge in [-0.2, -0.15) is 0 Å². The third kappa shape index (κ3) is 2.37. The topological polar surface area (TPSA) is 66.6 Å². The second-order valence-corrected chi connectivity index (χ2v) is 7.12. The first-order valence-electron chi connectivity index (χ1n) is 8.37. The summed E-state index contributed by atoms with van der Waals surface area (Å²) >= 11 is 0. The lowest BCUT2D eigenvalue weighted by molar-refractivity contribution is -0.149. The van der Waals surface area contributed by atoms with Crippen LogP contribution in [-0.2, 0) is 4.79 Å². The van der Waals surface area contributed by atoms with Gasteiger partial charge >= 0.3 is 0 Å². The van der Waals surface area contributed by atoms with Crippen LogP contribution in [0.1, 0.15) is 64.2 Å². The molecule has 2 atom stereocenters. The van der Waals surface area contributed by atoms with Gasteiger partial charge in [0.2, 0.25) is 5.91 Å². The molecule has 3 N–H and O–H groups in total. The highest BCUT2D eigenvalue weighted by atomic mass is 16.3. The van der Waals surface area contributed by atoms with Gasteiger partial charge in [0.1, 0.15) is 0 Å². The smallest absolute Gasteiger partial charge is 0.230 e. The maximum absolute atomic E-state index is 13.2. The summed E-state index contributed by atoms with van der Waals surface area (Å²) in [7, 11) is 0. The maximum Gasteiger partial charge on any atom is 0.230 e. The van der Waals surface area contributed by atoms with E-state index in [0.717, 1.165) is 51.4 Å². The van der Waals surface area contributed by atoms with Gasteiger partial charge in [0.15, 0.2) is 0 Å². The van der Waals surface area contributed by atoms with Crippen LogP contribution in [-0.4, -0.2) is 40.6 Å². The number of nitrogens with two attached hydrogens (primary N) is 1. The highest BCUT2D eigenvalue weighted by Crippen LogP contribution is 2.42. The average molecular weight is 280 g/mol. The largest absolute Gasteiger partial charge is 0.393 e. The van der Waals surface area contributed by atoms with E-state index in [2.05, 4.69) is 4.90 Å². The lowest BCUT2D eigenvalue weighted by atomic mass is 9.78. The van der Waals surface area contributed by atoms with E-state index in [4.69, 9.17) is 5.73 Å². The van der Waals surface area contributed by atoms with Gasteiger partial charge in [-0.1, -0.05) is 25.7 Å². The number of piperidine rings is 1. The van der Waals surface area contributed by atoms with Gasteiger partial charge in [-0.25, -0.2) is 0 Å². The fourth-order valence-electron chi connectivity index (χ4n) is 4.66. The molecule has 2 aliphatic heterocycles. The van der Waals surface area contributed by atoms with Gasteiger partial charge in [-0.3, -0.25) is 4.79 Å². The molecular weight excluding hydrogens is 252 g/mol. The van der Waals surface area contributed by atoms with E-state index in [1.54, 1.807) is 0 Å². The Morgan fingerprint density at radius 3 is 2.15 bits per heavy atom. The van der Waals surface area contributed by atoms with Crippen LogP contribution in [0.15, 0.2) is 0 Å². The van der Waals surface area contributed by atoms with Crippen molar-refractivity contribution in [3.8, 4) is 0 Å². The van der Waals surface area contributed by atoms with Gasteiger partial charge in [0.05, 0.1) is 11.5 Å². The van der Waals surface area contributed by atoms with Crippen molar-refractivity contribution in [3.05, 3.63) is 0 Å². The highest BCUT2D eigenvalue weighted by Gasteiger charge is 2.49. The molecule has 2 unspecified atom stereocenters. The summed E-state index contributed by atoms with van der Waals surface area (Å²) < 4.78 is 0. The molecule has 114 valence electrons. The van der Waals surface area contributed by atoms with Crippen LogP contribution in [0.25, 0.3) is 0 Å². The molecule has 0 aromatic carbocycles. The summed E-state index contributed by atoms with van der Waals surface area (Å²) in [6, 6.07) is 0.533. The first-order chi connectivity index (χ1) is 9.66. The fraction of sp³-hybridized carbons (Fsp3) is 0.938.